The highest BCUT2D eigenvalue weighted by Crippen LogP contribution is 2.19. The number of hydrogen-bond acceptors (Lipinski definition) is 4. The van der Waals surface area contributed by atoms with Gasteiger partial charge in [0.25, 0.3) is 5.69 Å². The van der Waals surface area contributed by atoms with Crippen molar-refractivity contribution in [1.82, 2.24) is 5.32 Å². The largest absolute Gasteiger partial charge is 0.392 e. The first-order valence-electron chi connectivity index (χ1n) is 5.81. The molecule has 1 saturated carbocycles. The van der Waals surface area contributed by atoms with Gasteiger partial charge in [-0.05, 0) is 24.8 Å². The monoisotopic (exact) mass is 236 g/mol. The van der Waals surface area contributed by atoms with Crippen LogP contribution in [0.15, 0.2) is 24.3 Å². The van der Waals surface area contributed by atoms with Crippen LogP contribution in [0, 0.1) is 10.1 Å². The van der Waals surface area contributed by atoms with Crippen LogP contribution in [-0.4, -0.2) is 22.2 Å². The predicted molar refractivity (Wildman–Crippen MR) is 63.6 cm³/mol. The molecule has 1 aromatic carbocycles. The predicted octanol–water partition coefficient (Wildman–Crippen LogP) is 1.60. The van der Waals surface area contributed by atoms with E-state index in [0.29, 0.717) is 6.54 Å². The lowest BCUT2D eigenvalue weighted by molar-refractivity contribution is -0.384. The Morgan fingerprint density at radius 2 is 2.06 bits per heavy atom. The first-order chi connectivity index (χ1) is 8.16. The second-order valence-corrected chi connectivity index (χ2v) is 4.41. The van der Waals surface area contributed by atoms with E-state index >= 15 is 0 Å². The average molecular weight is 236 g/mol. The lowest BCUT2D eigenvalue weighted by atomic mass is 10.1. The molecule has 1 aromatic rings. The number of nitrogens with zero attached hydrogens (tertiary/aromatic N) is 1. The summed E-state index contributed by atoms with van der Waals surface area (Å²) < 4.78 is 0. The number of aliphatic hydroxyl groups excluding tert-OH is 1. The lowest BCUT2D eigenvalue weighted by Crippen LogP contribution is -2.34. The zero-order valence-corrected chi connectivity index (χ0v) is 9.50. The third-order valence-electron chi connectivity index (χ3n) is 3.20. The van der Waals surface area contributed by atoms with Crippen LogP contribution in [0.5, 0.6) is 0 Å². The maximum Gasteiger partial charge on any atom is 0.269 e. The Morgan fingerprint density at radius 1 is 1.35 bits per heavy atom. The van der Waals surface area contributed by atoms with E-state index in [9.17, 15) is 15.2 Å². The summed E-state index contributed by atoms with van der Waals surface area (Å²) in [6.07, 6.45) is 2.65. The van der Waals surface area contributed by atoms with Crippen molar-refractivity contribution in [3.8, 4) is 0 Å². The second kappa shape index (κ2) is 5.25. The maximum atomic E-state index is 10.5. The van der Waals surface area contributed by atoms with Crippen LogP contribution in [0.1, 0.15) is 24.8 Å². The molecular formula is C12H16N2O3. The summed E-state index contributed by atoms with van der Waals surface area (Å²) in [6.45, 7) is 0.639. The zero-order chi connectivity index (χ0) is 12.3. The van der Waals surface area contributed by atoms with Crippen LogP contribution in [0.2, 0.25) is 0 Å². The number of nitro groups is 1. The van der Waals surface area contributed by atoms with E-state index in [1.54, 1.807) is 12.1 Å². The van der Waals surface area contributed by atoms with Gasteiger partial charge in [-0.3, -0.25) is 10.1 Å². The topological polar surface area (TPSA) is 75.4 Å². The van der Waals surface area contributed by atoms with E-state index in [-0.39, 0.29) is 17.8 Å². The number of hydrogen-bond donors (Lipinski definition) is 2. The van der Waals surface area contributed by atoms with E-state index in [2.05, 4.69) is 5.32 Å². The summed E-state index contributed by atoms with van der Waals surface area (Å²) in [4.78, 5) is 10.1. The van der Waals surface area contributed by atoms with Gasteiger partial charge in [-0.15, -0.1) is 0 Å². The molecule has 0 saturated heterocycles. The van der Waals surface area contributed by atoms with Crippen molar-refractivity contribution in [1.29, 1.82) is 0 Å². The van der Waals surface area contributed by atoms with E-state index in [1.807, 2.05) is 0 Å². The van der Waals surface area contributed by atoms with Gasteiger partial charge in [0, 0.05) is 24.7 Å². The molecule has 17 heavy (non-hydrogen) atoms. The van der Waals surface area contributed by atoms with Crippen molar-refractivity contribution < 1.29 is 10.0 Å². The average Bonchev–Trinajstić information content (AvgIpc) is 2.73. The summed E-state index contributed by atoms with van der Waals surface area (Å²) in [5.41, 5.74) is 1.10. The SMILES string of the molecule is O=[N+]([O-])c1ccc(CN[C@H]2CCC[C@@H]2O)cc1. The minimum Gasteiger partial charge on any atom is -0.392 e. The Balaban J connectivity index is 1.88. The highest BCUT2D eigenvalue weighted by molar-refractivity contribution is 5.32. The Labute approximate surface area is 99.6 Å². The van der Waals surface area contributed by atoms with Gasteiger partial charge in [0.15, 0.2) is 0 Å². The highest BCUT2D eigenvalue weighted by atomic mass is 16.6. The number of aliphatic hydroxyl groups is 1. The number of non-ortho nitro benzene ring substituents is 1. The zero-order valence-electron chi connectivity index (χ0n) is 9.50. The first-order valence-corrected chi connectivity index (χ1v) is 5.81. The number of nitrogens with one attached hydrogen (secondary N) is 1. The summed E-state index contributed by atoms with van der Waals surface area (Å²) in [5, 5.41) is 23.4. The Kier molecular flexibility index (Phi) is 3.71. The molecule has 1 aliphatic carbocycles. The highest BCUT2D eigenvalue weighted by Gasteiger charge is 2.24. The van der Waals surface area contributed by atoms with E-state index in [1.165, 1.54) is 12.1 Å². The van der Waals surface area contributed by atoms with Gasteiger partial charge in [0.2, 0.25) is 0 Å². The van der Waals surface area contributed by atoms with Crippen molar-refractivity contribution in [3.63, 3.8) is 0 Å². The second-order valence-electron chi connectivity index (χ2n) is 4.41. The quantitative estimate of drug-likeness (QED) is 0.615. The van der Waals surface area contributed by atoms with Gasteiger partial charge in [0.05, 0.1) is 11.0 Å². The number of benzene rings is 1. The molecule has 0 aliphatic heterocycles. The van der Waals surface area contributed by atoms with Crippen LogP contribution in [0.3, 0.4) is 0 Å². The Bertz CT molecular complexity index is 391. The van der Waals surface area contributed by atoms with E-state index in [0.717, 1.165) is 24.8 Å². The van der Waals surface area contributed by atoms with Crippen molar-refractivity contribution >= 4 is 5.69 Å². The standard InChI is InChI=1S/C12H16N2O3/c15-12-3-1-2-11(12)13-8-9-4-6-10(7-5-9)14(16)17/h4-7,11-13,15H,1-3,8H2/t11-,12-/m0/s1. The molecule has 0 radical (unpaired) electrons. The molecule has 0 amide bonds. The molecule has 5 heteroatoms. The van der Waals surface area contributed by atoms with Crippen LogP contribution in [0.25, 0.3) is 0 Å². The minimum atomic E-state index is -0.405. The van der Waals surface area contributed by atoms with Crippen LogP contribution in [0.4, 0.5) is 5.69 Å². The van der Waals surface area contributed by atoms with Gasteiger partial charge in [-0.2, -0.15) is 0 Å². The van der Waals surface area contributed by atoms with Crippen molar-refractivity contribution in [2.45, 2.75) is 38.0 Å². The molecule has 1 fully saturated rings. The van der Waals surface area contributed by atoms with Gasteiger partial charge >= 0.3 is 0 Å². The maximum absolute atomic E-state index is 10.5. The van der Waals surface area contributed by atoms with Gasteiger partial charge in [0.1, 0.15) is 0 Å². The normalized spacial score (nSPS) is 23.8. The van der Waals surface area contributed by atoms with Gasteiger partial charge in [-0.1, -0.05) is 12.1 Å². The molecule has 5 nitrogen and oxygen atoms in total. The third kappa shape index (κ3) is 3.01. The summed E-state index contributed by atoms with van der Waals surface area (Å²) >= 11 is 0. The summed E-state index contributed by atoms with van der Waals surface area (Å²) in [5.74, 6) is 0. The fraction of sp³-hybridized carbons (Fsp3) is 0.500. The van der Waals surface area contributed by atoms with Crippen LogP contribution in [-0.2, 0) is 6.54 Å². The van der Waals surface area contributed by atoms with E-state index in [4.69, 9.17) is 0 Å². The number of nitro benzene ring substituents is 1. The number of rotatable bonds is 4. The van der Waals surface area contributed by atoms with E-state index < -0.39 is 4.92 Å². The van der Waals surface area contributed by atoms with Crippen LogP contribution >= 0.6 is 0 Å². The molecule has 0 unspecified atom stereocenters. The molecular weight excluding hydrogens is 220 g/mol. The van der Waals surface area contributed by atoms with Crippen molar-refractivity contribution in [2.75, 3.05) is 0 Å². The molecule has 2 N–H and O–H groups in total. The first kappa shape index (κ1) is 12.0. The van der Waals surface area contributed by atoms with Gasteiger partial charge in [-0.25, -0.2) is 0 Å². The molecule has 2 rings (SSSR count). The van der Waals surface area contributed by atoms with Gasteiger partial charge < -0.3 is 10.4 Å². The Morgan fingerprint density at radius 3 is 2.59 bits per heavy atom. The fourth-order valence-electron chi connectivity index (χ4n) is 2.16. The summed E-state index contributed by atoms with van der Waals surface area (Å²) in [7, 11) is 0. The third-order valence-corrected chi connectivity index (χ3v) is 3.20. The molecule has 0 heterocycles. The van der Waals surface area contributed by atoms with Crippen molar-refractivity contribution in [3.05, 3.63) is 39.9 Å². The fourth-order valence-corrected chi connectivity index (χ4v) is 2.16. The smallest absolute Gasteiger partial charge is 0.269 e. The molecule has 92 valence electrons. The molecule has 0 spiro atoms. The van der Waals surface area contributed by atoms with Crippen LogP contribution < -0.4 is 5.32 Å². The summed E-state index contributed by atoms with van der Waals surface area (Å²) in [6, 6.07) is 6.65. The minimum absolute atomic E-state index is 0.106. The molecule has 2 atom stereocenters. The molecule has 0 bridgehead atoms. The molecule has 0 aromatic heterocycles. The lowest BCUT2D eigenvalue weighted by Gasteiger charge is -2.16. The van der Waals surface area contributed by atoms with Crippen molar-refractivity contribution in [2.24, 2.45) is 0 Å². The molecule has 1 aliphatic rings. The Hall–Kier alpha value is -1.46.